The lowest BCUT2D eigenvalue weighted by molar-refractivity contribution is 0.942. The van der Waals surface area contributed by atoms with Crippen LogP contribution in [0.3, 0.4) is 0 Å². The Morgan fingerprint density at radius 2 is 1.62 bits per heavy atom. The predicted molar refractivity (Wildman–Crippen MR) is 109 cm³/mol. The number of aromatic nitrogens is 3. The average Bonchev–Trinajstić information content (AvgIpc) is 3.18. The van der Waals surface area contributed by atoms with E-state index >= 15 is 0 Å². The van der Waals surface area contributed by atoms with Gasteiger partial charge < -0.3 is 0 Å². The fourth-order valence-electron chi connectivity index (χ4n) is 1.62. The van der Waals surface area contributed by atoms with E-state index in [4.69, 9.17) is 12.0 Å². The molecule has 6 nitrogen and oxygen atoms in total. The molecule has 7 heteroatoms. The molecule has 0 bridgehead atoms. The Bertz CT molecular complexity index is 827. The van der Waals surface area contributed by atoms with Gasteiger partial charge in [0.05, 0.1) is 6.20 Å². The molecule has 0 unspecified atom stereocenters. The van der Waals surface area contributed by atoms with E-state index < -0.39 is 8.24 Å². The van der Waals surface area contributed by atoms with Crippen LogP contribution in [0.2, 0.25) is 19.6 Å². The molecule has 1 N–H and O–H groups in total. The van der Waals surface area contributed by atoms with E-state index in [1.807, 2.05) is 80.3 Å². The van der Waals surface area contributed by atoms with E-state index in [1.54, 1.807) is 6.20 Å². The number of hydrogen-bond acceptors (Lipinski definition) is 3. The minimum absolute atomic E-state index is 0.880. The largest absolute Gasteiger partial charge is 0.197 e. The predicted octanol–water partition coefficient (Wildman–Crippen LogP) is 5.27. The fraction of sp³-hybridized carbons (Fsp3) is 0.158. The first-order valence-corrected chi connectivity index (χ1v) is 11.4. The second kappa shape index (κ2) is 11.3. The van der Waals surface area contributed by atoms with Crippen molar-refractivity contribution in [3.8, 4) is 23.6 Å². The fourth-order valence-corrected chi connectivity index (χ4v) is 1.89. The van der Waals surface area contributed by atoms with Gasteiger partial charge in [-0.25, -0.2) is 0 Å². The summed E-state index contributed by atoms with van der Waals surface area (Å²) in [4.78, 5) is 2.69. The zero-order valence-corrected chi connectivity index (χ0v) is 16.2. The Kier molecular flexibility index (Phi) is 8.97. The molecule has 0 amide bonds. The van der Waals surface area contributed by atoms with Gasteiger partial charge >= 0.3 is 0 Å². The summed E-state index contributed by atoms with van der Waals surface area (Å²) in [5.74, 6) is 2.53. The van der Waals surface area contributed by atoms with Crippen molar-refractivity contribution in [3.63, 3.8) is 0 Å². The van der Waals surface area contributed by atoms with Crippen molar-refractivity contribution in [2.45, 2.75) is 19.6 Å². The Balaban J connectivity index is 0.000000203. The quantitative estimate of drug-likeness (QED) is 0.221. The molecule has 3 aromatic rings. The molecule has 0 saturated carbocycles. The third kappa shape index (κ3) is 9.08. The lowest BCUT2D eigenvalue weighted by Crippen LogP contribution is -2.13. The first kappa shape index (κ1) is 20.7. The summed E-state index contributed by atoms with van der Waals surface area (Å²) in [5, 5.41) is 10.2. The van der Waals surface area contributed by atoms with Crippen molar-refractivity contribution in [3.05, 3.63) is 82.9 Å². The van der Waals surface area contributed by atoms with E-state index in [0.29, 0.717) is 0 Å². The third-order valence-electron chi connectivity index (χ3n) is 2.77. The summed E-state index contributed by atoms with van der Waals surface area (Å²) in [6.45, 7) is 5.98. The maximum Gasteiger partial charge on any atom is 0.146 e. The van der Waals surface area contributed by atoms with E-state index in [0.717, 1.165) is 16.8 Å². The average molecular weight is 363 g/mol. The lowest BCUT2D eigenvalue weighted by Gasteiger charge is -2.01. The molecule has 2 aromatic carbocycles. The van der Waals surface area contributed by atoms with Crippen molar-refractivity contribution in [2.75, 3.05) is 0 Å². The topological polar surface area (TPSA) is 90.3 Å². The van der Waals surface area contributed by atoms with Crippen LogP contribution in [-0.2, 0) is 0 Å². The highest BCUT2D eigenvalue weighted by Crippen LogP contribution is 2.12. The molecule has 0 aliphatic heterocycles. The van der Waals surface area contributed by atoms with Gasteiger partial charge in [-0.05, 0) is 22.6 Å². The number of nitrogens with one attached hydrogen (secondary N) is 1. The van der Waals surface area contributed by atoms with Crippen molar-refractivity contribution in [2.24, 2.45) is 4.78 Å². The van der Waals surface area contributed by atoms with Gasteiger partial charge in [0.2, 0.25) is 0 Å². The van der Waals surface area contributed by atoms with Crippen molar-refractivity contribution in [1.82, 2.24) is 15.4 Å². The van der Waals surface area contributed by atoms with Gasteiger partial charge in [-0.2, -0.15) is 15.4 Å². The monoisotopic (exact) mass is 362 g/mol. The minimum atomic E-state index is -1.45. The zero-order chi connectivity index (χ0) is 19.3. The number of rotatable bonds is 2. The summed E-state index contributed by atoms with van der Waals surface area (Å²) in [6.07, 6.45) is 6.80. The Labute approximate surface area is 155 Å². The van der Waals surface area contributed by atoms with Crippen LogP contribution in [0, 0.1) is 12.3 Å². The molecule has 0 atom stereocenters. The highest BCUT2D eigenvalue weighted by Gasteiger charge is 2.07. The van der Waals surface area contributed by atoms with E-state index in [-0.39, 0.29) is 0 Å². The molecule has 1 heterocycles. The number of benzene rings is 2. The van der Waals surface area contributed by atoms with Crippen LogP contribution in [0.25, 0.3) is 21.7 Å². The summed E-state index contributed by atoms with van der Waals surface area (Å²) < 4.78 is 3.58. The van der Waals surface area contributed by atoms with Gasteiger partial charge in [-0.1, -0.05) is 74.1 Å². The molecule has 0 spiro atoms. The molecule has 3 rings (SSSR count). The van der Waals surface area contributed by atoms with Gasteiger partial charge in [0.1, 0.15) is 13.9 Å². The van der Waals surface area contributed by atoms with Gasteiger partial charge in [-0.15, -0.1) is 11.2 Å². The summed E-state index contributed by atoms with van der Waals surface area (Å²) in [6, 6.07) is 19.5. The van der Waals surface area contributed by atoms with Crippen molar-refractivity contribution < 1.29 is 0 Å². The number of H-pyrrole nitrogens is 1. The van der Waals surface area contributed by atoms with Gasteiger partial charge in [-0.3, -0.25) is 0 Å². The summed E-state index contributed by atoms with van der Waals surface area (Å²) in [7, 11) is -1.45. The SMILES string of the molecule is C#Cc1ccccc1.C[Si](C)(C)N=[N+]=[N-].c1ccc(-c2cn[nH]n2)cc1. The van der Waals surface area contributed by atoms with E-state index in [2.05, 4.69) is 31.0 Å². The Morgan fingerprint density at radius 3 is 1.96 bits per heavy atom. The van der Waals surface area contributed by atoms with E-state index in [1.165, 1.54) is 0 Å². The van der Waals surface area contributed by atoms with Crippen LogP contribution in [-0.4, -0.2) is 23.6 Å². The molecular weight excluding hydrogens is 340 g/mol. The van der Waals surface area contributed by atoms with Gasteiger partial charge in [0, 0.05) is 11.1 Å². The number of terminal acetylenes is 1. The van der Waals surface area contributed by atoms with Crippen LogP contribution in [0.4, 0.5) is 0 Å². The molecule has 132 valence electrons. The molecule has 0 fully saturated rings. The minimum Gasteiger partial charge on any atom is -0.197 e. The molecule has 0 aliphatic carbocycles. The Morgan fingerprint density at radius 1 is 1.04 bits per heavy atom. The van der Waals surface area contributed by atoms with E-state index in [9.17, 15) is 0 Å². The maximum atomic E-state index is 7.89. The highest BCUT2D eigenvalue weighted by atomic mass is 28.3. The van der Waals surface area contributed by atoms with Gasteiger partial charge in [0.15, 0.2) is 0 Å². The number of hydrogen-bond donors (Lipinski definition) is 1. The third-order valence-corrected chi connectivity index (χ3v) is 3.46. The zero-order valence-electron chi connectivity index (χ0n) is 15.2. The Hall–Kier alpha value is -3.33. The standard InChI is InChI=1S/C8H7N3.C8H6.C3H9N3Si/c1-2-4-7(5-3-1)8-6-9-11-10-8;1-2-8-6-4-3-5-7-8;1-7(2,3)6-5-4/h1-6H,(H,9,10,11);1,3-7H;1-3H3. The molecule has 0 radical (unpaired) electrons. The number of aromatic amines is 1. The first-order valence-electron chi connectivity index (χ1n) is 7.95. The van der Waals surface area contributed by atoms with Crippen molar-refractivity contribution >= 4 is 8.24 Å². The second-order valence-electron chi connectivity index (χ2n) is 6.09. The number of nitrogens with zero attached hydrogens (tertiary/aromatic N) is 5. The number of azide groups is 1. The normalized spacial score (nSPS) is 9.31. The molecule has 1 aromatic heterocycles. The summed E-state index contributed by atoms with van der Waals surface area (Å²) >= 11 is 0. The highest BCUT2D eigenvalue weighted by molar-refractivity contribution is 6.74. The first-order chi connectivity index (χ1) is 12.5. The van der Waals surface area contributed by atoms with Gasteiger partial charge in [0.25, 0.3) is 0 Å². The second-order valence-corrected chi connectivity index (χ2v) is 10.6. The van der Waals surface area contributed by atoms with Crippen LogP contribution in [0.5, 0.6) is 0 Å². The van der Waals surface area contributed by atoms with Crippen LogP contribution in [0.15, 0.2) is 71.6 Å². The molecule has 0 aliphatic rings. The van der Waals surface area contributed by atoms with Crippen LogP contribution >= 0.6 is 0 Å². The molecular formula is C19H22N6Si. The molecule has 0 saturated heterocycles. The van der Waals surface area contributed by atoms with Crippen LogP contribution < -0.4 is 0 Å². The van der Waals surface area contributed by atoms with Crippen molar-refractivity contribution in [1.29, 1.82) is 0 Å². The maximum absolute atomic E-state index is 7.89. The van der Waals surface area contributed by atoms with Crippen LogP contribution in [0.1, 0.15) is 5.56 Å². The summed E-state index contributed by atoms with van der Waals surface area (Å²) in [5.41, 5.74) is 10.8. The smallest absolute Gasteiger partial charge is 0.146 e. The lowest BCUT2D eigenvalue weighted by atomic mass is 10.2. The molecule has 26 heavy (non-hydrogen) atoms.